The zero-order chi connectivity index (χ0) is 9.14. The van der Waals surface area contributed by atoms with Crippen molar-refractivity contribution in [3.8, 4) is 0 Å². The highest BCUT2D eigenvalue weighted by Gasteiger charge is 2.12. The third-order valence-corrected chi connectivity index (χ3v) is 3.68. The standard InChI is InChI=1S/C7H8BrNOS2/c1-4-2-5(6(10)3-8)7(11-4)12-9/h2H,3,9H2,1H3. The maximum Gasteiger partial charge on any atom is 0.175 e. The molecule has 0 fully saturated rings. The molecule has 1 aromatic heterocycles. The molecule has 0 aliphatic heterocycles. The molecular weight excluding hydrogens is 258 g/mol. The van der Waals surface area contributed by atoms with Gasteiger partial charge in [0.1, 0.15) is 0 Å². The highest BCUT2D eigenvalue weighted by molar-refractivity contribution is 9.09. The number of aryl methyl sites for hydroxylation is 1. The fourth-order valence-electron chi connectivity index (χ4n) is 0.847. The normalized spacial score (nSPS) is 10.2. The largest absolute Gasteiger partial charge is 0.293 e. The van der Waals surface area contributed by atoms with Crippen LogP contribution in [0.15, 0.2) is 10.3 Å². The molecular formula is C7H8BrNOS2. The molecule has 0 saturated carbocycles. The third kappa shape index (κ3) is 2.10. The van der Waals surface area contributed by atoms with Crippen LogP contribution in [0.3, 0.4) is 0 Å². The number of Topliss-reactive ketones (excluding diaryl/α,β-unsaturated/α-hetero) is 1. The molecule has 5 heteroatoms. The monoisotopic (exact) mass is 265 g/mol. The Hall–Kier alpha value is 0.160. The topological polar surface area (TPSA) is 43.1 Å². The number of rotatable bonds is 3. The van der Waals surface area contributed by atoms with Gasteiger partial charge in [-0.2, -0.15) is 0 Å². The van der Waals surface area contributed by atoms with E-state index in [1.807, 2.05) is 13.0 Å². The molecule has 0 spiro atoms. The quantitative estimate of drug-likeness (QED) is 0.519. The van der Waals surface area contributed by atoms with E-state index in [9.17, 15) is 4.79 Å². The Balaban J connectivity index is 3.04. The fraction of sp³-hybridized carbons (Fsp3) is 0.286. The van der Waals surface area contributed by atoms with E-state index >= 15 is 0 Å². The van der Waals surface area contributed by atoms with Gasteiger partial charge in [0.05, 0.1) is 9.54 Å². The van der Waals surface area contributed by atoms with Crippen LogP contribution in [0.25, 0.3) is 0 Å². The van der Waals surface area contributed by atoms with Gasteiger partial charge in [0.2, 0.25) is 0 Å². The zero-order valence-electron chi connectivity index (χ0n) is 6.46. The second-order valence-electron chi connectivity index (χ2n) is 2.23. The minimum Gasteiger partial charge on any atom is -0.293 e. The molecule has 2 N–H and O–H groups in total. The first-order chi connectivity index (χ1) is 5.69. The molecule has 0 amide bonds. The Bertz CT molecular complexity index is 298. The van der Waals surface area contributed by atoms with E-state index in [-0.39, 0.29) is 5.78 Å². The van der Waals surface area contributed by atoms with Crippen LogP contribution in [0.2, 0.25) is 0 Å². The Morgan fingerprint density at radius 2 is 2.50 bits per heavy atom. The van der Waals surface area contributed by atoms with Crippen molar-refractivity contribution in [3.05, 3.63) is 16.5 Å². The number of hydrogen-bond donors (Lipinski definition) is 1. The summed E-state index contributed by atoms with van der Waals surface area (Å²) >= 11 is 5.82. The maximum atomic E-state index is 11.3. The molecule has 0 aromatic carbocycles. The number of ketones is 1. The summed E-state index contributed by atoms with van der Waals surface area (Å²) < 4.78 is 0.900. The summed E-state index contributed by atoms with van der Waals surface area (Å²) in [5.74, 6) is 0.0901. The van der Waals surface area contributed by atoms with E-state index in [2.05, 4.69) is 15.9 Å². The molecule has 0 atom stereocenters. The maximum absolute atomic E-state index is 11.3. The van der Waals surface area contributed by atoms with E-state index in [0.29, 0.717) is 5.33 Å². The summed E-state index contributed by atoms with van der Waals surface area (Å²) in [6, 6.07) is 1.88. The number of carbonyl (C=O) groups excluding carboxylic acids is 1. The Morgan fingerprint density at radius 3 is 3.00 bits per heavy atom. The lowest BCUT2D eigenvalue weighted by Gasteiger charge is -1.94. The molecule has 0 bridgehead atoms. The SMILES string of the molecule is Cc1cc(C(=O)CBr)c(SN)s1. The number of thiophene rings is 1. The van der Waals surface area contributed by atoms with Gasteiger partial charge in [-0.1, -0.05) is 15.9 Å². The lowest BCUT2D eigenvalue weighted by Crippen LogP contribution is -1.99. The average Bonchev–Trinajstić information content (AvgIpc) is 2.45. The Labute approximate surface area is 87.8 Å². The molecule has 0 unspecified atom stereocenters. The fourth-order valence-corrected chi connectivity index (χ4v) is 2.79. The van der Waals surface area contributed by atoms with Crippen molar-refractivity contribution in [3.63, 3.8) is 0 Å². The van der Waals surface area contributed by atoms with Crippen LogP contribution in [0.5, 0.6) is 0 Å². The highest BCUT2D eigenvalue weighted by atomic mass is 79.9. The molecule has 2 nitrogen and oxygen atoms in total. The van der Waals surface area contributed by atoms with E-state index in [4.69, 9.17) is 5.14 Å². The third-order valence-electron chi connectivity index (χ3n) is 1.35. The van der Waals surface area contributed by atoms with E-state index in [0.717, 1.165) is 26.6 Å². The van der Waals surface area contributed by atoms with E-state index in [1.54, 1.807) is 11.3 Å². The first kappa shape index (κ1) is 10.2. The van der Waals surface area contributed by atoms with Crippen LogP contribution in [0.1, 0.15) is 15.2 Å². The van der Waals surface area contributed by atoms with Gasteiger partial charge < -0.3 is 0 Å². The summed E-state index contributed by atoms with van der Waals surface area (Å²) in [6.45, 7) is 1.97. The second kappa shape index (κ2) is 4.41. The number of alkyl halides is 1. The highest BCUT2D eigenvalue weighted by Crippen LogP contribution is 2.29. The van der Waals surface area contributed by atoms with Crippen LogP contribution in [0.4, 0.5) is 0 Å². The lowest BCUT2D eigenvalue weighted by atomic mass is 10.2. The molecule has 66 valence electrons. The molecule has 0 aliphatic rings. The van der Waals surface area contributed by atoms with Gasteiger partial charge in [-0.3, -0.25) is 9.93 Å². The van der Waals surface area contributed by atoms with E-state index in [1.165, 1.54) is 0 Å². The van der Waals surface area contributed by atoms with Crippen LogP contribution < -0.4 is 5.14 Å². The molecule has 0 radical (unpaired) electrons. The first-order valence-corrected chi connectivity index (χ1v) is 6.07. The predicted octanol–water partition coefficient (Wildman–Crippen LogP) is 2.60. The van der Waals surface area contributed by atoms with Gasteiger partial charge in [-0.15, -0.1) is 11.3 Å². The summed E-state index contributed by atoms with van der Waals surface area (Å²) in [5.41, 5.74) is 0.738. The van der Waals surface area contributed by atoms with Gasteiger partial charge in [0, 0.05) is 10.4 Å². The van der Waals surface area contributed by atoms with Crippen LogP contribution in [-0.4, -0.2) is 11.1 Å². The second-order valence-corrected chi connectivity index (χ2v) is 4.95. The van der Waals surface area contributed by atoms with Crippen LogP contribution in [-0.2, 0) is 0 Å². The minimum atomic E-state index is 0.0901. The summed E-state index contributed by atoms with van der Waals surface area (Å²) in [7, 11) is 0. The van der Waals surface area contributed by atoms with Gasteiger partial charge in [0.15, 0.2) is 5.78 Å². The Morgan fingerprint density at radius 1 is 1.83 bits per heavy atom. The van der Waals surface area contributed by atoms with Gasteiger partial charge in [0.25, 0.3) is 0 Å². The average molecular weight is 266 g/mol. The van der Waals surface area contributed by atoms with Gasteiger partial charge in [-0.25, -0.2) is 0 Å². The molecule has 1 heterocycles. The van der Waals surface area contributed by atoms with Crippen molar-refractivity contribution in [1.29, 1.82) is 0 Å². The van der Waals surface area contributed by atoms with Gasteiger partial charge in [-0.05, 0) is 24.9 Å². The summed E-state index contributed by atoms with van der Waals surface area (Å²) in [5, 5.41) is 5.77. The first-order valence-electron chi connectivity index (χ1n) is 3.25. The molecule has 1 aromatic rings. The lowest BCUT2D eigenvalue weighted by molar-refractivity contribution is 0.102. The van der Waals surface area contributed by atoms with Gasteiger partial charge >= 0.3 is 0 Å². The number of nitrogens with two attached hydrogens (primary N) is 1. The minimum absolute atomic E-state index is 0.0901. The van der Waals surface area contributed by atoms with Crippen LogP contribution >= 0.6 is 39.2 Å². The number of hydrogen-bond acceptors (Lipinski definition) is 4. The van der Waals surface area contributed by atoms with Crippen molar-refractivity contribution in [2.75, 3.05) is 5.33 Å². The molecule has 12 heavy (non-hydrogen) atoms. The molecule has 0 aliphatic carbocycles. The summed E-state index contributed by atoms with van der Waals surface area (Å²) in [6.07, 6.45) is 0. The zero-order valence-corrected chi connectivity index (χ0v) is 9.68. The molecule has 0 saturated heterocycles. The van der Waals surface area contributed by atoms with Crippen LogP contribution in [0, 0.1) is 6.92 Å². The van der Waals surface area contributed by atoms with Crippen molar-refractivity contribution in [2.45, 2.75) is 11.1 Å². The van der Waals surface area contributed by atoms with Crippen molar-refractivity contribution in [1.82, 2.24) is 0 Å². The van der Waals surface area contributed by atoms with E-state index < -0.39 is 0 Å². The van der Waals surface area contributed by atoms with Crippen molar-refractivity contribution < 1.29 is 4.79 Å². The number of carbonyl (C=O) groups is 1. The smallest absolute Gasteiger partial charge is 0.175 e. The van der Waals surface area contributed by atoms with Crippen molar-refractivity contribution >= 4 is 45.0 Å². The molecule has 1 rings (SSSR count). The Kier molecular flexibility index (Phi) is 3.77. The van der Waals surface area contributed by atoms with Crippen molar-refractivity contribution in [2.24, 2.45) is 5.14 Å². The number of halogens is 1. The predicted molar refractivity (Wildman–Crippen MR) is 57.2 cm³/mol. The summed E-state index contributed by atoms with van der Waals surface area (Å²) in [4.78, 5) is 12.4.